The number of hydrogen-bond acceptors (Lipinski definition) is 2. The number of aliphatic hydroxyl groups is 1. The van der Waals surface area contributed by atoms with Crippen LogP contribution in [0.3, 0.4) is 0 Å². The summed E-state index contributed by atoms with van der Waals surface area (Å²) in [5.74, 6) is 0. The van der Waals surface area contributed by atoms with E-state index in [4.69, 9.17) is 0 Å². The highest BCUT2D eigenvalue weighted by molar-refractivity contribution is 5.51. The molecule has 0 fully saturated rings. The normalized spacial score (nSPS) is 11.5. The molecule has 0 unspecified atom stereocenters. The Balaban J connectivity index is 2.51. The van der Waals surface area contributed by atoms with Gasteiger partial charge in [0.2, 0.25) is 0 Å². The molecule has 0 atom stereocenters. The van der Waals surface area contributed by atoms with Crippen molar-refractivity contribution in [3.8, 4) is 0 Å². The largest absolute Gasteiger partial charge is 0.390 e. The fraction of sp³-hybridized carbons (Fsp3) is 0.538. The van der Waals surface area contributed by atoms with Gasteiger partial charge in [-0.15, -0.1) is 0 Å². The lowest BCUT2D eigenvalue weighted by Crippen LogP contribution is -2.22. The Morgan fingerprint density at radius 1 is 1.27 bits per heavy atom. The first-order valence-electron chi connectivity index (χ1n) is 5.42. The first kappa shape index (κ1) is 12.1. The number of rotatable bonds is 4. The van der Waals surface area contributed by atoms with Crippen molar-refractivity contribution in [1.82, 2.24) is 0 Å². The second kappa shape index (κ2) is 4.67. The van der Waals surface area contributed by atoms with E-state index in [9.17, 15) is 5.11 Å². The molecule has 0 aliphatic carbocycles. The average Bonchev–Trinajstić information content (AvgIpc) is 2.07. The van der Waals surface area contributed by atoms with Gasteiger partial charge in [0, 0.05) is 12.2 Å². The summed E-state index contributed by atoms with van der Waals surface area (Å²) in [6.07, 6.45) is 0.750. The highest BCUT2D eigenvalue weighted by Crippen LogP contribution is 2.16. The molecule has 15 heavy (non-hydrogen) atoms. The molecule has 0 aliphatic heterocycles. The van der Waals surface area contributed by atoms with Gasteiger partial charge in [0.05, 0.1) is 5.60 Å². The summed E-state index contributed by atoms with van der Waals surface area (Å²) in [6.45, 7) is 8.65. The van der Waals surface area contributed by atoms with Gasteiger partial charge in [0.1, 0.15) is 0 Å². The van der Waals surface area contributed by atoms with Gasteiger partial charge in [-0.1, -0.05) is 17.7 Å². The molecule has 2 N–H and O–H groups in total. The Bertz CT molecular complexity index is 326. The van der Waals surface area contributed by atoms with Crippen molar-refractivity contribution in [1.29, 1.82) is 0 Å². The van der Waals surface area contributed by atoms with Gasteiger partial charge in [-0.2, -0.15) is 0 Å². The number of aryl methyl sites for hydroxylation is 2. The van der Waals surface area contributed by atoms with Crippen LogP contribution in [0, 0.1) is 13.8 Å². The third-order valence-corrected chi connectivity index (χ3v) is 2.43. The van der Waals surface area contributed by atoms with Crippen molar-refractivity contribution in [3.05, 3.63) is 29.3 Å². The molecule has 2 nitrogen and oxygen atoms in total. The minimum Gasteiger partial charge on any atom is -0.390 e. The minimum atomic E-state index is -0.592. The highest BCUT2D eigenvalue weighted by Gasteiger charge is 2.11. The van der Waals surface area contributed by atoms with Crippen molar-refractivity contribution < 1.29 is 5.11 Å². The molecule has 0 radical (unpaired) electrons. The Morgan fingerprint density at radius 2 is 1.93 bits per heavy atom. The van der Waals surface area contributed by atoms with E-state index in [0.29, 0.717) is 0 Å². The van der Waals surface area contributed by atoms with E-state index in [1.807, 2.05) is 13.8 Å². The Kier molecular flexibility index (Phi) is 3.75. The van der Waals surface area contributed by atoms with Crippen molar-refractivity contribution in [2.75, 3.05) is 11.9 Å². The lowest BCUT2D eigenvalue weighted by Gasteiger charge is -2.18. The summed E-state index contributed by atoms with van der Waals surface area (Å²) in [4.78, 5) is 0. The fourth-order valence-corrected chi connectivity index (χ4v) is 1.52. The van der Waals surface area contributed by atoms with Crippen LogP contribution < -0.4 is 5.32 Å². The van der Waals surface area contributed by atoms with Gasteiger partial charge in [0.15, 0.2) is 0 Å². The zero-order chi connectivity index (χ0) is 11.5. The lowest BCUT2D eigenvalue weighted by atomic mass is 10.1. The molecule has 2 heteroatoms. The molecule has 1 aromatic rings. The Labute approximate surface area is 92.3 Å². The van der Waals surface area contributed by atoms with Gasteiger partial charge in [-0.3, -0.25) is 0 Å². The molecule has 0 amide bonds. The van der Waals surface area contributed by atoms with Crippen LogP contribution in [0.2, 0.25) is 0 Å². The predicted molar refractivity (Wildman–Crippen MR) is 65.3 cm³/mol. The van der Waals surface area contributed by atoms with E-state index >= 15 is 0 Å². The quantitative estimate of drug-likeness (QED) is 0.795. The van der Waals surface area contributed by atoms with Gasteiger partial charge < -0.3 is 10.4 Å². The highest BCUT2D eigenvalue weighted by atomic mass is 16.3. The summed E-state index contributed by atoms with van der Waals surface area (Å²) in [6, 6.07) is 6.35. The second-order valence-electron chi connectivity index (χ2n) is 4.81. The van der Waals surface area contributed by atoms with Crippen LogP contribution in [-0.4, -0.2) is 17.3 Å². The maximum absolute atomic E-state index is 9.57. The fourth-order valence-electron chi connectivity index (χ4n) is 1.52. The Hall–Kier alpha value is -1.02. The molecule has 0 saturated carbocycles. The molecule has 0 heterocycles. The zero-order valence-corrected chi connectivity index (χ0v) is 10.1. The van der Waals surface area contributed by atoms with Gasteiger partial charge in [-0.05, 0) is 45.7 Å². The summed E-state index contributed by atoms with van der Waals surface area (Å²) in [5, 5.41) is 12.9. The number of anilines is 1. The molecular weight excluding hydrogens is 186 g/mol. The molecule has 0 spiro atoms. The van der Waals surface area contributed by atoms with Crippen molar-refractivity contribution in [2.45, 2.75) is 39.7 Å². The van der Waals surface area contributed by atoms with Crippen molar-refractivity contribution in [3.63, 3.8) is 0 Å². The summed E-state index contributed by atoms with van der Waals surface area (Å²) < 4.78 is 0. The molecule has 0 aliphatic rings. The van der Waals surface area contributed by atoms with Crippen LogP contribution in [0.1, 0.15) is 31.4 Å². The molecule has 0 aromatic heterocycles. The van der Waals surface area contributed by atoms with Crippen molar-refractivity contribution >= 4 is 5.69 Å². The van der Waals surface area contributed by atoms with Gasteiger partial charge in [0.25, 0.3) is 0 Å². The molecule has 0 saturated heterocycles. The van der Waals surface area contributed by atoms with E-state index in [2.05, 4.69) is 37.4 Å². The van der Waals surface area contributed by atoms with Crippen LogP contribution in [0.5, 0.6) is 0 Å². The molecular formula is C13H21NO. The third kappa shape index (κ3) is 4.34. The third-order valence-electron chi connectivity index (χ3n) is 2.43. The number of nitrogens with one attached hydrogen (secondary N) is 1. The summed E-state index contributed by atoms with van der Waals surface area (Å²) >= 11 is 0. The second-order valence-corrected chi connectivity index (χ2v) is 4.81. The first-order valence-corrected chi connectivity index (χ1v) is 5.42. The molecule has 1 aromatic carbocycles. The van der Waals surface area contributed by atoms with E-state index in [1.165, 1.54) is 11.1 Å². The van der Waals surface area contributed by atoms with E-state index in [1.54, 1.807) is 0 Å². The molecule has 1 rings (SSSR count). The van der Waals surface area contributed by atoms with E-state index in [-0.39, 0.29) is 0 Å². The lowest BCUT2D eigenvalue weighted by molar-refractivity contribution is 0.0749. The predicted octanol–water partition coefficient (Wildman–Crippen LogP) is 2.88. The standard InChI is InChI=1S/C13H21NO/c1-10-5-6-12(11(2)9-10)14-8-7-13(3,4)15/h5-6,9,14-15H,7-8H2,1-4H3. The monoisotopic (exact) mass is 207 g/mol. The van der Waals surface area contributed by atoms with Crippen LogP contribution in [0.25, 0.3) is 0 Å². The zero-order valence-electron chi connectivity index (χ0n) is 10.1. The van der Waals surface area contributed by atoms with Crippen LogP contribution >= 0.6 is 0 Å². The average molecular weight is 207 g/mol. The topological polar surface area (TPSA) is 32.3 Å². The first-order chi connectivity index (χ1) is 6.88. The maximum atomic E-state index is 9.57. The minimum absolute atomic E-state index is 0.592. The smallest absolute Gasteiger partial charge is 0.0608 e. The van der Waals surface area contributed by atoms with E-state index < -0.39 is 5.60 Å². The van der Waals surface area contributed by atoms with Gasteiger partial charge in [-0.25, -0.2) is 0 Å². The van der Waals surface area contributed by atoms with Gasteiger partial charge >= 0.3 is 0 Å². The van der Waals surface area contributed by atoms with Crippen LogP contribution in [0.15, 0.2) is 18.2 Å². The maximum Gasteiger partial charge on any atom is 0.0608 e. The number of benzene rings is 1. The number of hydrogen-bond donors (Lipinski definition) is 2. The van der Waals surface area contributed by atoms with Crippen LogP contribution in [-0.2, 0) is 0 Å². The SMILES string of the molecule is Cc1ccc(NCCC(C)(C)O)c(C)c1. The molecule has 0 bridgehead atoms. The Morgan fingerprint density at radius 3 is 2.47 bits per heavy atom. The van der Waals surface area contributed by atoms with Crippen molar-refractivity contribution in [2.24, 2.45) is 0 Å². The molecule has 84 valence electrons. The van der Waals surface area contributed by atoms with Crippen LogP contribution in [0.4, 0.5) is 5.69 Å². The summed E-state index contributed by atoms with van der Waals surface area (Å²) in [7, 11) is 0. The van der Waals surface area contributed by atoms with E-state index in [0.717, 1.165) is 18.7 Å². The summed E-state index contributed by atoms with van der Waals surface area (Å²) in [5.41, 5.74) is 3.10.